The SMILES string of the molecule is Cc1ccc2ccccc2c1B(c1cccc(-c2cc3ccccc3c3ccccc23)c1)c1c(C)ccc2ccccc12. The van der Waals surface area contributed by atoms with E-state index in [2.05, 4.69) is 166 Å². The molecule has 0 bridgehead atoms. The molecule has 202 valence electrons. The Morgan fingerprint density at radius 3 is 1.51 bits per heavy atom. The van der Waals surface area contributed by atoms with Gasteiger partial charge in [-0.15, -0.1) is 0 Å². The minimum atomic E-state index is 0.0730. The number of aryl methyl sites for hydroxylation is 2. The summed E-state index contributed by atoms with van der Waals surface area (Å²) in [5, 5.41) is 10.4. The Balaban J connectivity index is 1.45. The highest BCUT2D eigenvalue weighted by Crippen LogP contribution is 2.34. The quantitative estimate of drug-likeness (QED) is 0.153. The molecule has 0 amide bonds. The fourth-order valence-corrected chi connectivity index (χ4v) is 7.23. The van der Waals surface area contributed by atoms with E-state index in [-0.39, 0.29) is 6.71 Å². The maximum atomic E-state index is 2.45. The lowest BCUT2D eigenvalue weighted by molar-refractivity contribution is 1.52. The molecule has 0 spiro atoms. The summed E-state index contributed by atoms with van der Waals surface area (Å²) in [5.41, 5.74) is 9.25. The maximum absolute atomic E-state index is 2.45. The fourth-order valence-electron chi connectivity index (χ4n) is 7.23. The van der Waals surface area contributed by atoms with E-state index in [1.165, 1.54) is 81.7 Å². The Bertz CT molecular complexity index is 2240. The summed E-state index contributed by atoms with van der Waals surface area (Å²) >= 11 is 0. The molecule has 0 N–H and O–H groups in total. The van der Waals surface area contributed by atoms with Crippen molar-refractivity contribution >= 4 is 66.2 Å². The summed E-state index contributed by atoms with van der Waals surface area (Å²) in [6.45, 7) is 4.62. The summed E-state index contributed by atoms with van der Waals surface area (Å²) in [4.78, 5) is 0. The van der Waals surface area contributed by atoms with Crippen LogP contribution in [0.4, 0.5) is 0 Å². The Hall–Kier alpha value is -5.14. The van der Waals surface area contributed by atoms with Crippen molar-refractivity contribution in [2.75, 3.05) is 0 Å². The van der Waals surface area contributed by atoms with Gasteiger partial charge >= 0.3 is 0 Å². The lowest BCUT2D eigenvalue weighted by Crippen LogP contribution is -2.54. The van der Waals surface area contributed by atoms with Crippen molar-refractivity contribution in [3.8, 4) is 11.1 Å². The van der Waals surface area contributed by atoms with Gasteiger partial charge in [-0.2, -0.15) is 0 Å². The van der Waals surface area contributed by atoms with Crippen LogP contribution in [0.5, 0.6) is 0 Å². The van der Waals surface area contributed by atoms with Gasteiger partial charge in [0.2, 0.25) is 6.71 Å². The fraction of sp³-hybridized carbons (Fsp3) is 0.0476. The van der Waals surface area contributed by atoms with Crippen LogP contribution in [0.3, 0.4) is 0 Å². The molecule has 0 aliphatic heterocycles. The zero-order chi connectivity index (χ0) is 28.9. The van der Waals surface area contributed by atoms with E-state index in [1.807, 2.05) is 0 Å². The van der Waals surface area contributed by atoms with Gasteiger partial charge in [0.25, 0.3) is 0 Å². The molecule has 0 aromatic heterocycles. The number of rotatable bonds is 4. The van der Waals surface area contributed by atoms with Crippen molar-refractivity contribution < 1.29 is 0 Å². The average molecular weight is 547 g/mol. The molecular weight excluding hydrogens is 515 g/mol. The van der Waals surface area contributed by atoms with Crippen LogP contribution in [-0.2, 0) is 0 Å². The first-order valence-electron chi connectivity index (χ1n) is 15.1. The predicted octanol–water partition coefficient (Wildman–Crippen LogP) is 9.10. The molecule has 1 heteroatoms. The van der Waals surface area contributed by atoms with Crippen LogP contribution in [0.1, 0.15) is 11.1 Å². The summed E-state index contributed by atoms with van der Waals surface area (Å²) in [6.07, 6.45) is 0. The zero-order valence-corrected chi connectivity index (χ0v) is 24.5. The third kappa shape index (κ3) is 4.24. The number of fused-ring (bicyclic) bond motifs is 5. The zero-order valence-electron chi connectivity index (χ0n) is 24.5. The van der Waals surface area contributed by atoms with Crippen LogP contribution in [-0.4, -0.2) is 6.71 Å². The van der Waals surface area contributed by atoms with Gasteiger partial charge in [-0.05, 0) is 74.1 Å². The van der Waals surface area contributed by atoms with Crippen molar-refractivity contribution in [2.24, 2.45) is 0 Å². The summed E-state index contributed by atoms with van der Waals surface area (Å²) < 4.78 is 0. The molecule has 0 nitrogen and oxygen atoms in total. The molecule has 0 saturated carbocycles. The molecule has 8 aromatic rings. The summed E-state index contributed by atoms with van der Waals surface area (Å²) in [7, 11) is 0. The average Bonchev–Trinajstić information content (AvgIpc) is 3.06. The van der Waals surface area contributed by atoms with Crippen LogP contribution in [0.15, 0.2) is 152 Å². The number of hydrogen-bond acceptors (Lipinski definition) is 0. The third-order valence-electron chi connectivity index (χ3n) is 9.25. The Morgan fingerprint density at radius 1 is 0.372 bits per heavy atom. The van der Waals surface area contributed by atoms with E-state index in [0.717, 1.165) is 0 Å². The van der Waals surface area contributed by atoms with Gasteiger partial charge in [0.1, 0.15) is 0 Å². The van der Waals surface area contributed by atoms with Crippen molar-refractivity contribution in [3.05, 3.63) is 163 Å². The van der Waals surface area contributed by atoms with E-state index in [9.17, 15) is 0 Å². The number of hydrogen-bond donors (Lipinski definition) is 0. The first-order chi connectivity index (χ1) is 21.2. The van der Waals surface area contributed by atoms with Crippen LogP contribution < -0.4 is 16.4 Å². The van der Waals surface area contributed by atoms with E-state index in [0.29, 0.717) is 0 Å². The molecule has 8 rings (SSSR count). The molecule has 0 aliphatic carbocycles. The lowest BCUT2D eigenvalue weighted by Gasteiger charge is -2.24. The minimum absolute atomic E-state index is 0.0730. The minimum Gasteiger partial charge on any atom is -0.0680 e. The molecule has 8 aromatic carbocycles. The molecule has 0 atom stereocenters. The summed E-state index contributed by atoms with van der Waals surface area (Å²) in [5.74, 6) is 0. The molecule has 0 radical (unpaired) electrons. The normalized spacial score (nSPS) is 11.5. The monoisotopic (exact) mass is 546 g/mol. The van der Waals surface area contributed by atoms with Gasteiger partial charge in [-0.25, -0.2) is 0 Å². The van der Waals surface area contributed by atoms with Crippen molar-refractivity contribution in [1.82, 2.24) is 0 Å². The van der Waals surface area contributed by atoms with Crippen LogP contribution >= 0.6 is 0 Å². The van der Waals surface area contributed by atoms with Crippen molar-refractivity contribution in [1.29, 1.82) is 0 Å². The van der Waals surface area contributed by atoms with Gasteiger partial charge in [-0.1, -0.05) is 173 Å². The molecule has 0 fully saturated rings. The van der Waals surface area contributed by atoms with E-state index < -0.39 is 0 Å². The van der Waals surface area contributed by atoms with Crippen LogP contribution in [0, 0.1) is 13.8 Å². The number of benzene rings is 8. The molecule has 0 unspecified atom stereocenters. The highest BCUT2D eigenvalue weighted by atomic mass is 14.1. The van der Waals surface area contributed by atoms with Gasteiger partial charge in [0, 0.05) is 0 Å². The smallest absolute Gasteiger partial charge is 0.0680 e. The highest BCUT2D eigenvalue weighted by molar-refractivity contribution is 6.98. The largest absolute Gasteiger partial charge is 0.243 e. The second kappa shape index (κ2) is 10.3. The standard InChI is InChI=1S/C42H31B/c1-28-22-24-30-12-3-7-18-36(30)41(28)43(42-29(2)23-25-31-13-4-8-19-37(31)42)34-16-11-15-32(26-34)40-27-33-14-5-6-17-35(33)38-20-9-10-21-39(38)40/h3-27H,1-2H3. The maximum Gasteiger partial charge on any atom is 0.243 e. The Labute approximate surface area is 253 Å². The molecule has 0 aliphatic rings. The van der Waals surface area contributed by atoms with E-state index in [4.69, 9.17) is 0 Å². The van der Waals surface area contributed by atoms with Gasteiger partial charge in [0.15, 0.2) is 0 Å². The summed E-state index contributed by atoms with van der Waals surface area (Å²) in [6, 6.07) is 56.1. The Morgan fingerprint density at radius 2 is 0.884 bits per heavy atom. The van der Waals surface area contributed by atoms with Crippen LogP contribution in [0.2, 0.25) is 0 Å². The topological polar surface area (TPSA) is 0 Å². The van der Waals surface area contributed by atoms with Gasteiger partial charge < -0.3 is 0 Å². The van der Waals surface area contributed by atoms with Crippen molar-refractivity contribution in [2.45, 2.75) is 13.8 Å². The molecule has 0 heterocycles. The second-order valence-corrected chi connectivity index (χ2v) is 11.8. The first kappa shape index (κ1) is 25.6. The van der Waals surface area contributed by atoms with E-state index >= 15 is 0 Å². The Kier molecular flexibility index (Phi) is 6.12. The van der Waals surface area contributed by atoms with Gasteiger partial charge in [0.05, 0.1) is 0 Å². The van der Waals surface area contributed by atoms with Gasteiger partial charge in [-0.3, -0.25) is 0 Å². The highest BCUT2D eigenvalue weighted by Gasteiger charge is 2.29. The lowest BCUT2D eigenvalue weighted by atomic mass is 9.34. The van der Waals surface area contributed by atoms with Crippen LogP contribution in [0.25, 0.3) is 54.2 Å². The second-order valence-electron chi connectivity index (χ2n) is 11.8. The van der Waals surface area contributed by atoms with E-state index in [1.54, 1.807) is 0 Å². The molecular formula is C42H31B. The molecule has 43 heavy (non-hydrogen) atoms. The first-order valence-corrected chi connectivity index (χ1v) is 15.1. The predicted molar refractivity (Wildman–Crippen MR) is 189 cm³/mol. The van der Waals surface area contributed by atoms with Crippen molar-refractivity contribution in [3.63, 3.8) is 0 Å². The third-order valence-corrected chi connectivity index (χ3v) is 9.25. The molecule has 0 saturated heterocycles.